The number of aromatic nitrogens is 4. The van der Waals surface area contributed by atoms with Crippen molar-refractivity contribution in [3.63, 3.8) is 0 Å². The molecule has 0 bridgehead atoms. The number of nitrogens with zero attached hydrogens (tertiary/aromatic N) is 5. The molecule has 5 nitrogen and oxygen atoms in total. The minimum atomic E-state index is 0.824. The number of fused-ring (bicyclic) bond motifs is 1. The van der Waals surface area contributed by atoms with Crippen molar-refractivity contribution < 1.29 is 0 Å². The Labute approximate surface area is 154 Å². The van der Waals surface area contributed by atoms with Gasteiger partial charge in [-0.15, -0.1) is 0 Å². The first-order valence-corrected chi connectivity index (χ1v) is 9.25. The van der Waals surface area contributed by atoms with E-state index in [1.807, 2.05) is 13.3 Å². The molecule has 3 aromatic rings. The molecule has 134 valence electrons. The Morgan fingerprint density at radius 2 is 1.85 bits per heavy atom. The van der Waals surface area contributed by atoms with Gasteiger partial charge in [-0.1, -0.05) is 30.3 Å². The smallest absolute Gasteiger partial charge is 0.135 e. The van der Waals surface area contributed by atoms with Crippen LogP contribution in [0.3, 0.4) is 0 Å². The largest absolute Gasteiger partial charge is 0.350 e. The van der Waals surface area contributed by atoms with E-state index in [9.17, 15) is 0 Å². The molecule has 26 heavy (non-hydrogen) atoms. The molecular formula is C21H25N5. The highest BCUT2D eigenvalue weighted by Gasteiger charge is 2.23. The summed E-state index contributed by atoms with van der Waals surface area (Å²) >= 11 is 0. The van der Waals surface area contributed by atoms with Crippen LogP contribution in [0.15, 0.2) is 36.7 Å². The van der Waals surface area contributed by atoms with Crippen LogP contribution in [0.1, 0.15) is 34.0 Å². The summed E-state index contributed by atoms with van der Waals surface area (Å²) in [4.78, 5) is 16.2. The molecular weight excluding hydrogens is 322 g/mol. The van der Waals surface area contributed by atoms with E-state index in [-0.39, 0.29) is 0 Å². The maximum atomic E-state index is 4.70. The minimum absolute atomic E-state index is 0.824. The van der Waals surface area contributed by atoms with Gasteiger partial charge in [-0.3, -0.25) is 0 Å². The van der Waals surface area contributed by atoms with Crippen LogP contribution in [0, 0.1) is 20.8 Å². The molecule has 0 fully saturated rings. The molecule has 0 spiro atoms. The molecule has 0 aliphatic carbocycles. The van der Waals surface area contributed by atoms with Gasteiger partial charge in [-0.25, -0.2) is 15.0 Å². The zero-order valence-corrected chi connectivity index (χ0v) is 15.7. The Kier molecular flexibility index (Phi) is 4.45. The summed E-state index contributed by atoms with van der Waals surface area (Å²) < 4.78 is 2.32. The Bertz CT molecular complexity index is 914. The summed E-state index contributed by atoms with van der Waals surface area (Å²) in [6.45, 7) is 8.91. The zero-order chi connectivity index (χ0) is 18.1. The fourth-order valence-electron chi connectivity index (χ4n) is 3.70. The molecule has 0 atom stereocenters. The van der Waals surface area contributed by atoms with Crippen molar-refractivity contribution >= 4 is 5.82 Å². The van der Waals surface area contributed by atoms with E-state index < -0.39 is 0 Å². The third-order valence-electron chi connectivity index (χ3n) is 5.25. The number of hydrogen-bond acceptors (Lipinski definition) is 4. The minimum Gasteiger partial charge on any atom is -0.350 e. The second kappa shape index (κ2) is 6.90. The highest BCUT2D eigenvalue weighted by atomic mass is 15.2. The normalized spacial score (nSPS) is 13.7. The number of benzene rings is 1. The van der Waals surface area contributed by atoms with Crippen LogP contribution in [-0.2, 0) is 25.9 Å². The number of hydrogen-bond donors (Lipinski definition) is 0. The summed E-state index contributed by atoms with van der Waals surface area (Å²) in [5.74, 6) is 1.89. The summed E-state index contributed by atoms with van der Waals surface area (Å²) in [5, 5.41) is 0. The van der Waals surface area contributed by atoms with Crippen molar-refractivity contribution in [1.82, 2.24) is 19.5 Å². The first-order chi connectivity index (χ1) is 12.6. The van der Waals surface area contributed by atoms with Gasteiger partial charge in [0.25, 0.3) is 0 Å². The molecule has 5 heteroatoms. The van der Waals surface area contributed by atoms with Crippen LogP contribution >= 0.6 is 0 Å². The van der Waals surface area contributed by atoms with Gasteiger partial charge in [0.05, 0.1) is 18.6 Å². The van der Waals surface area contributed by atoms with E-state index in [4.69, 9.17) is 9.97 Å². The van der Waals surface area contributed by atoms with Crippen molar-refractivity contribution in [1.29, 1.82) is 0 Å². The lowest BCUT2D eigenvalue weighted by molar-refractivity contribution is 0.620. The van der Waals surface area contributed by atoms with E-state index in [0.717, 1.165) is 49.8 Å². The molecule has 2 aromatic heterocycles. The van der Waals surface area contributed by atoms with Gasteiger partial charge in [0.1, 0.15) is 11.6 Å². The highest BCUT2D eigenvalue weighted by Crippen LogP contribution is 2.26. The first kappa shape index (κ1) is 16.8. The standard InChI is InChI=1S/C21H25N5/c1-15-16(2)23-17(3)24-21(15)25-12-10-20-19(13-25)22-14-26(20)11-9-18-7-5-4-6-8-18/h4-8,14H,9-13H2,1-3H3. The molecule has 0 unspecified atom stereocenters. The molecule has 0 amide bonds. The predicted molar refractivity (Wildman–Crippen MR) is 103 cm³/mol. The van der Waals surface area contributed by atoms with Crippen LogP contribution in [0.4, 0.5) is 5.82 Å². The van der Waals surface area contributed by atoms with E-state index >= 15 is 0 Å². The van der Waals surface area contributed by atoms with Crippen molar-refractivity contribution in [2.45, 2.75) is 46.7 Å². The lowest BCUT2D eigenvalue weighted by Gasteiger charge is -2.29. The topological polar surface area (TPSA) is 46.8 Å². The van der Waals surface area contributed by atoms with Crippen molar-refractivity contribution in [3.8, 4) is 0 Å². The number of rotatable bonds is 4. The molecule has 1 aliphatic rings. The predicted octanol–water partition coefficient (Wildman–Crippen LogP) is 3.40. The molecule has 0 N–H and O–H groups in total. The Hall–Kier alpha value is -2.69. The summed E-state index contributed by atoms with van der Waals surface area (Å²) in [7, 11) is 0. The van der Waals surface area contributed by atoms with Crippen LogP contribution in [0.25, 0.3) is 0 Å². The van der Waals surface area contributed by atoms with Gasteiger partial charge in [-0.2, -0.15) is 0 Å². The average Bonchev–Trinajstić information content (AvgIpc) is 3.06. The van der Waals surface area contributed by atoms with Gasteiger partial charge in [-0.05, 0) is 32.8 Å². The van der Waals surface area contributed by atoms with E-state index in [0.29, 0.717) is 0 Å². The maximum Gasteiger partial charge on any atom is 0.135 e. The molecule has 3 heterocycles. The van der Waals surface area contributed by atoms with Crippen LogP contribution in [0.2, 0.25) is 0 Å². The molecule has 1 aliphatic heterocycles. The fraction of sp³-hybridized carbons (Fsp3) is 0.381. The SMILES string of the molecule is Cc1nc(C)c(C)c(N2CCc3c(ncn3CCc3ccccc3)C2)n1. The third kappa shape index (κ3) is 3.21. The van der Waals surface area contributed by atoms with E-state index in [1.54, 1.807) is 0 Å². The number of aryl methyl sites for hydroxylation is 4. The van der Waals surface area contributed by atoms with Crippen molar-refractivity contribution in [2.24, 2.45) is 0 Å². The highest BCUT2D eigenvalue weighted by molar-refractivity contribution is 5.49. The van der Waals surface area contributed by atoms with Crippen LogP contribution < -0.4 is 4.90 Å². The fourth-order valence-corrected chi connectivity index (χ4v) is 3.70. The summed E-state index contributed by atoms with van der Waals surface area (Å²) in [5.41, 5.74) is 6.15. The van der Waals surface area contributed by atoms with Crippen molar-refractivity contribution in [3.05, 3.63) is 70.7 Å². The Morgan fingerprint density at radius 1 is 1.04 bits per heavy atom. The first-order valence-electron chi connectivity index (χ1n) is 9.25. The van der Waals surface area contributed by atoms with Gasteiger partial charge in [0.2, 0.25) is 0 Å². The maximum absolute atomic E-state index is 4.70. The Morgan fingerprint density at radius 3 is 2.65 bits per heavy atom. The number of imidazole rings is 1. The van der Waals surface area contributed by atoms with E-state index in [1.165, 1.54) is 22.5 Å². The monoisotopic (exact) mass is 347 g/mol. The number of anilines is 1. The quantitative estimate of drug-likeness (QED) is 0.726. The van der Waals surface area contributed by atoms with Gasteiger partial charge < -0.3 is 9.47 Å². The molecule has 1 aromatic carbocycles. The second-order valence-electron chi connectivity index (χ2n) is 7.04. The van der Waals surface area contributed by atoms with Gasteiger partial charge >= 0.3 is 0 Å². The molecule has 0 saturated carbocycles. The van der Waals surface area contributed by atoms with Crippen molar-refractivity contribution in [2.75, 3.05) is 11.4 Å². The summed E-state index contributed by atoms with van der Waals surface area (Å²) in [6, 6.07) is 10.6. The van der Waals surface area contributed by atoms with Crippen LogP contribution in [0.5, 0.6) is 0 Å². The zero-order valence-electron chi connectivity index (χ0n) is 15.7. The molecule has 0 radical (unpaired) electrons. The molecule has 0 saturated heterocycles. The second-order valence-corrected chi connectivity index (χ2v) is 7.04. The van der Waals surface area contributed by atoms with Crippen LogP contribution in [-0.4, -0.2) is 26.1 Å². The molecule has 4 rings (SSSR count). The van der Waals surface area contributed by atoms with Gasteiger partial charge in [0.15, 0.2) is 0 Å². The lowest BCUT2D eigenvalue weighted by atomic mass is 10.1. The Balaban J connectivity index is 1.51. The lowest BCUT2D eigenvalue weighted by Crippen LogP contribution is -2.33. The third-order valence-corrected chi connectivity index (χ3v) is 5.25. The van der Waals surface area contributed by atoms with E-state index in [2.05, 4.69) is 58.6 Å². The van der Waals surface area contributed by atoms with Gasteiger partial charge in [0, 0.05) is 36.5 Å². The average molecular weight is 347 g/mol. The summed E-state index contributed by atoms with van der Waals surface area (Å²) in [6.07, 6.45) is 4.04.